The molecule has 0 unspecified atom stereocenters. The zero-order valence-corrected chi connectivity index (χ0v) is 12.2. The molecule has 4 heteroatoms. The molecule has 2 aromatic carbocycles. The Morgan fingerprint density at radius 1 is 1.11 bits per heavy atom. The number of nitrogens with zero attached hydrogens (tertiary/aromatic N) is 1. The van der Waals surface area contributed by atoms with Crippen molar-refractivity contribution in [2.24, 2.45) is 0 Å². The van der Waals surface area contributed by atoms with Crippen molar-refractivity contribution in [1.82, 2.24) is 0 Å². The molecule has 0 amide bonds. The van der Waals surface area contributed by atoms with E-state index >= 15 is 0 Å². The maximum Gasteiger partial charge on any atom is 0.0470 e. The van der Waals surface area contributed by atoms with E-state index in [0.717, 1.165) is 30.0 Å². The molecule has 2 nitrogen and oxygen atoms in total. The van der Waals surface area contributed by atoms with Crippen LogP contribution in [0.5, 0.6) is 0 Å². The molecule has 0 fully saturated rings. The molecule has 0 heterocycles. The second kappa shape index (κ2) is 6.18. The van der Waals surface area contributed by atoms with Gasteiger partial charge >= 0.3 is 0 Å². The predicted octanol–water partition coefficient (Wildman–Crippen LogP) is 4.60. The topological polar surface area (TPSA) is 29.3 Å². The highest BCUT2D eigenvalue weighted by Gasteiger charge is 2.08. The van der Waals surface area contributed by atoms with E-state index in [2.05, 4.69) is 11.8 Å². The lowest BCUT2D eigenvalue weighted by molar-refractivity contribution is 0.832. The van der Waals surface area contributed by atoms with E-state index < -0.39 is 0 Å². The van der Waals surface area contributed by atoms with Gasteiger partial charge in [0.05, 0.1) is 0 Å². The van der Waals surface area contributed by atoms with Crippen molar-refractivity contribution < 1.29 is 0 Å². The van der Waals surface area contributed by atoms with Crippen LogP contribution in [0.2, 0.25) is 10.0 Å². The summed E-state index contributed by atoms with van der Waals surface area (Å²) in [5.74, 6) is 0. The Labute approximate surface area is 123 Å². The third-order valence-corrected chi connectivity index (χ3v) is 3.58. The van der Waals surface area contributed by atoms with E-state index in [1.54, 1.807) is 6.07 Å². The molecule has 0 bridgehead atoms. The van der Waals surface area contributed by atoms with Crippen molar-refractivity contribution >= 4 is 34.6 Å². The quantitative estimate of drug-likeness (QED) is 0.835. The number of halogens is 2. The highest BCUT2D eigenvalue weighted by molar-refractivity contribution is 6.35. The Bertz CT molecular complexity index is 570. The number of benzene rings is 2. The Morgan fingerprint density at radius 2 is 1.89 bits per heavy atom. The largest absolute Gasteiger partial charge is 0.399 e. The van der Waals surface area contributed by atoms with Gasteiger partial charge in [-0.05, 0) is 42.8 Å². The molecule has 2 aromatic rings. The normalized spacial score (nSPS) is 10.5. The first kappa shape index (κ1) is 14.0. The smallest absolute Gasteiger partial charge is 0.0470 e. The van der Waals surface area contributed by atoms with Gasteiger partial charge in [0.25, 0.3) is 0 Å². The summed E-state index contributed by atoms with van der Waals surface area (Å²) in [7, 11) is 0. The summed E-state index contributed by atoms with van der Waals surface area (Å²) in [6.45, 7) is 3.71. The lowest BCUT2D eigenvalue weighted by Gasteiger charge is -2.24. The molecule has 2 N–H and O–H groups in total. The molecule has 100 valence electrons. The van der Waals surface area contributed by atoms with Gasteiger partial charge in [-0.2, -0.15) is 0 Å². The van der Waals surface area contributed by atoms with Crippen molar-refractivity contribution in [2.45, 2.75) is 13.5 Å². The maximum absolute atomic E-state index is 6.21. The van der Waals surface area contributed by atoms with Gasteiger partial charge in [0.15, 0.2) is 0 Å². The van der Waals surface area contributed by atoms with Gasteiger partial charge in [-0.3, -0.25) is 0 Å². The van der Waals surface area contributed by atoms with Crippen LogP contribution in [0.25, 0.3) is 0 Å². The molecule has 0 aromatic heterocycles. The van der Waals surface area contributed by atoms with Gasteiger partial charge in [-0.15, -0.1) is 0 Å². The zero-order chi connectivity index (χ0) is 13.8. The minimum absolute atomic E-state index is 0.653. The third kappa shape index (κ3) is 3.55. The molecule has 2 rings (SSSR count). The molecule has 0 aliphatic rings. The first-order chi connectivity index (χ1) is 9.10. The van der Waals surface area contributed by atoms with Crippen molar-refractivity contribution in [1.29, 1.82) is 0 Å². The van der Waals surface area contributed by atoms with Crippen LogP contribution in [0, 0.1) is 0 Å². The van der Waals surface area contributed by atoms with Gasteiger partial charge in [-0.1, -0.05) is 35.3 Å². The molecule has 19 heavy (non-hydrogen) atoms. The summed E-state index contributed by atoms with van der Waals surface area (Å²) < 4.78 is 0. The van der Waals surface area contributed by atoms with Gasteiger partial charge < -0.3 is 10.6 Å². The summed E-state index contributed by atoms with van der Waals surface area (Å²) in [5.41, 5.74) is 8.73. The number of nitrogens with two attached hydrogens (primary N) is 1. The average molecular weight is 295 g/mol. The van der Waals surface area contributed by atoms with Crippen LogP contribution in [0.3, 0.4) is 0 Å². The third-order valence-electron chi connectivity index (χ3n) is 2.99. The standard InChI is InChI=1S/C15H16Cl2N2/c1-2-19(14-5-3-4-13(18)9-14)10-11-6-7-12(16)8-15(11)17/h3-9H,2,10,18H2,1H3. The monoisotopic (exact) mass is 294 g/mol. The molecule has 0 atom stereocenters. The molecule has 0 radical (unpaired) electrons. The van der Waals surface area contributed by atoms with Crippen LogP contribution in [-0.2, 0) is 6.54 Å². The lowest BCUT2D eigenvalue weighted by atomic mass is 10.2. The highest BCUT2D eigenvalue weighted by atomic mass is 35.5. The van der Waals surface area contributed by atoms with Crippen LogP contribution in [0.15, 0.2) is 42.5 Å². The van der Waals surface area contributed by atoms with Crippen molar-refractivity contribution in [2.75, 3.05) is 17.2 Å². The summed E-state index contributed by atoms with van der Waals surface area (Å²) in [5, 5.41) is 1.34. The summed E-state index contributed by atoms with van der Waals surface area (Å²) in [4.78, 5) is 2.21. The second-order valence-corrected chi connectivity index (χ2v) is 5.19. The zero-order valence-electron chi connectivity index (χ0n) is 10.7. The Kier molecular flexibility index (Phi) is 4.56. The van der Waals surface area contributed by atoms with Crippen LogP contribution < -0.4 is 10.6 Å². The van der Waals surface area contributed by atoms with Gasteiger partial charge in [0.2, 0.25) is 0 Å². The van der Waals surface area contributed by atoms with Crippen molar-refractivity contribution in [3.63, 3.8) is 0 Å². The van der Waals surface area contributed by atoms with E-state index in [1.165, 1.54) is 0 Å². The highest BCUT2D eigenvalue weighted by Crippen LogP contribution is 2.25. The van der Waals surface area contributed by atoms with Gasteiger partial charge in [0.1, 0.15) is 0 Å². The molecule has 0 spiro atoms. The van der Waals surface area contributed by atoms with Gasteiger partial charge in [0, 0.05) is 34.5 Å². The van der Waals surface area contributed by atoms with E-state index in [-0.39, 0.29) is 0 Å². The Morgan fingerprint density at radius 3 is 2.53 bits per heavy atom. The number of hydrogen-bond acceptors (Lipinski definition) is 2. The summed E-state index contributed by atoms with van der Waals surface area (Å²) in [6, 6.07) is 13.4. The fraction of sp³-hybridized carbons (Fsp3) is 0.200. The fourth-order valence-electron chi connectivity index (χ4n) is 1.96. The van der Waals surface area contributed by atoms with Crippen LogP contribution in [0.4, 0.5) is 11.4 Å². The Balaban J connectivity index is 2.24. The molecule has 0 saturated carbocycles. The van der Waals surface area contributed by atoms with E-state index in [1.807, 2.05) is 36.4 Å². The average Bonchev–Trinajstić information content (AvgIpc) is 2.38. The van der Waals surface area contributed by atoms with Crippen molar-refractivity contribution in [3.05, 3.63) is 58.1 Å². The molecule has 0 aliphatic carbocycles. The van der Waals surface area contributed by atoms with Crippen LogP contribution in [-0.4, -0.2) is 6.54 Å². The number of anilines is 2. The van der Waals surface area contributed by atoms with E-state index in [4.69, 9.17) is 28.9 Å². The Hall–Kier alpha value is -1.38. The van der Waals surface area contributed by atoms with Crippen molar-refractivity contribution in [3.8, 4) is 0 Å². The first-order valence-electron chi connectivity index (χ1n) is 6.14. The van der Waals surface area contributed by atoms with E-state index in [9.17, 15) is 0 Å². The summed E-state index contributed by atoms with van der Waals surface area (Å²) in [6.07, 6.45) is 0. The lowest BCUT2D eigenvalue weighted by Crippen LogP contribution is -2.22. The fourth-order valence-corrected chi connectivity index (χ4v) is 2.43. The number of hydrogen-bond donors (Lipinski definition) is 1. The molecular formula is C15H16Cl2N2. The predicted molar refractivity (Wildman–Crippen MR) is 84.0 cm³/mol. The van der Waals surface area contributed by atoms with Crippen LogP contribution >= 0.6 is 23.2 Å². The molecule has 0 aliphatic heterocycles. The SMILES string of the molecule is CCN(Cc1ccc(Cl)cc1Cl)c1cccc(N)c1. The maximum atomic E-state index is 6.21. The first-order valence-corrected chi connectivity index (χ1v) is 6.90. The summed E-state index contributed by atoms with van der Waals surface area (Å²) >= 11 is 12.1. The van der Waals surface area contributed by atoms with Gasteiger partial charge in [-0.25, -0.2) is 0 Å². The number of rotatable bonds is 4. The molecular weight excluding hydrogens is 279 g/mol. The second-order valence-electron chi connectivity index (χ2n) is 4.34. The molecule has 0 saturated heterocycles. The minimum atomic E-state index is 0.653. The number of nitrogen functional groups attached to an aromatic ring is 1. The van der Waals surface area contributed by atoms with E-state index in [0.29, 0.717) is 10.0 Å². The minimum Gasteiger partial charge on any atom is -0.399 e. The van der Waals surface area contributed by atoms with Crippen LogP contribution in [0.1, 0.15) is 12.5 Å².